The van der Waals surface area contributed by atoms with Crippen molar-refractivity contribution in [3.63, 3.8) is 0 Å². The molecule has 2 rings (SSSR count). The van der Waals surface area contributed by atoms with Gasteiger partial charge in [0.1, 0.15) is 12.7 Å². The van der Waals surface area contributed by atoms with Gasteiger partial charge in [-0.2, -0.15) is 5.10 Å². The minimum atomic E-state index is -0.314. The van der Waals surface area contributed by atoms with Crippen molar-refractivity contribution in [3.05, 3.63) is 36.4 Å². The van der Waals surface area contributed by atoms with E-state index < -0.39 is 0 Å². The fraction of sp³-hybridized carbons (Fsp3) is 0.125. The van der Waals surface area contributed by atoms with Gasteiger partial charge in [-0.1, -0.05) is 0 Å². The van der Waals surface area contributed by atoms with Crippen LogP contribution < -0.4 is 5.32 Å². The number of hydrogen-bond acceptors (Lipinski definition) is 5. The first-order valence-corrected chi connectivity index (χ1v) is 4.25. The van der Waals surface area contributed by atoms with Crippen LogP contribution in [0.4, 0.5) is 0 Å². The number of nitrogens with zero attached hydrogens (tertiary/aromatic N) is 4. The minimum absolute atomic E-state index is 0.184. The van der Waals surface area contributed by atoms with E-state index in [-0.39, 0.29) is 11.7 Å². The van der Waals surface area contributed by atoms with E-state index in [0.717, 1.165) is 5.69 Å². The van der Waals surface area contributed by atoms with Crippen LogP contribution in [-0.2, 0) is 6.54 Å². The average molecular weight is 204 g/mol. The average Bonchev–Trinajstić information content (AvgIpc) is 2.81. The molecule has 0 unspecified atom stereocenters. The zero-order valence-electron chi connectivity index (χ0n) is 7.71. The molecule has 0 fully saturated rings. The maximum Gasteiger partial charge on any atom is 0.288 e. The molecule has 7 nitrogen and oxygen atoms in total. The van der Waals surface area contributed by atoms with E-state index in [9.17, 15) is 4.79 Å². The number of nitrogens with one attached hydrogen (secondary N) is 2. The van der Waals surface area contributed by atoms with Crippen LogP contribution in [0.15, 0.2) is 24.9 Å². The number of aromatic amines is 1. The van der Waals surface area contributed by atoms with Crippen LogP contribution in [-0.4, -0.2) is 31.1 Å². The largest absolute Gasteiger partial charge is 0.344 e. The van der Waals surface area contributed by atoms with Gasteiger partial charge in [0, 0.05) is 6.20 Å². The zero-order chi connectivity index (χ0) is 10.5. The second kappa shape index (κ2) is 4.27. The Morgan fingerprint density at radius 1 is 1.40 bits per heavy atom. The van der Waals surface area contributed by atoms with Crippen molar-refractivity contribution in [1.29, 1.82) is 0 Å². The van der Waals surface area contributed by atoms with Gasteiger partial charge in [-0.15, -0.1) is 0 Å². The molecule has 0 spiro atoms. The third-order valence-corrected chi connectivity index (χ3v) is 1.70. The zero-order valence-corrected chi connectivity index (χ0v) is 7.71. The number of hydrogen-bond donors (Lipinski definition) is 2. The molecule has 15 heavy (non-hydrogen) atoms. The third kappa shape index (κ3) is 2.33. The Kier molecular flexibility index (Phi) is 2.63. The van der Waals surface area contributed by atoms with Crippen molar-refractivity contribution >= 4 is 5.91 Å². The van der Waals surface area contributed by atoms with Crippen LogP contribution in [0.25, 0.3) is 0 Å². The van der Waals surface area contributed by atoms with Gasteiger partial charge in [-0.25, -0.2) is 15.0 Å². The highest BCUT2D eigenvalue weighted by Crippen LogP contribution is 1.91. The molecular formula is C8H8N6O. The Labute approximate surface area is 85.0 Å². The van der Waals surface area contributed by atoms with Crippen molar-refractivity contribution in [3.8, 4) is 0 Å². The molecule has 0 aliphatic rings. The van der Waals surface area contributed by atoms with Gasteiger partial charge in [-0.05, 0) is 6.07 Å². The number of amides is 1. The molecule has 2 heterocycles. The molecule has 0 aromatic carbocycles. The van der Waals surface area contributed by atoms with E-state index in [2.05, 4.69) is 30.5 Å². The van der Waals surface area contributed by atoms with Crippen LogP contribution in [0.3, 0.4) is 0 Å². The van der Waals surface area contributed by atoms with E-state index >= 15 is 0 Å². The van der Waals surface area contributed by atoms with Gasteiger partial charge in [-0.3, -0.25) is 9.89 Å². The summed E-state index contributed by atoms with van der Waals surface area (Å²) in [5.41, 5.74) is 0.734. The summed E-state index contributed by atoms with van der Waals surface area (Å²) in [5.74, 6) is -0.129. The molecule has 2 aromatic rings. The Morgan fingerprint density at radius 3 is 3.00 bits per heavy atom. The van der Waals surface area contributed by atoms with Gasteiger partial charge < -0.3 is 5.32 Å². The van der Waals surface area contributed by atoms with Gasteiger partial charge in [0.25, 0.3) is 5.91 Å². The molecule has 76 valence electrons. The number of carbonyl (C=O) groups excluding carboxylic acids is 1. The van der Waals surface area contributed by atoms with Gasteiger partial charge in [0.15, 0.2) is 0 Å². The van der Waals surface area contributed by atoms with Gasteiger partial charge in [0.05, 0.1) is 12.2 Å². The van der Waals surface area contributed by atoms with Crippen LogP contribution >= 0.6 is 0 Å². The lowest BCUT2D eigenvalue weighted by atomic mass is 10.4. The predicted molar refractivity (Wildman–Crippen MR) is 49.6 cm³/mol. The van der Waals surface area contributed by atoms with Crippen molar-refractivity contribution < 1.29 is 4.79 Å². The molecular weight excluding hydrogens is 196 g/mol. The molecule has 0 atom stereocenters. The highest BCUT2D eigenvalue weighted by atomic mass is 16.2. The Morgan fingerprint density at radius 2 is 2.33 bits per heavy atom. The molecule has 2 N–H and O–H groups in total. The molecule has 0 aliphatic heterocycles. The van der Waals surface area contributed by atoms with Crippen LogP contribution in [0.1, 0.15) is 16.3 Å². The second-order valence-corrected chi connectivity index (χ2v) is 2.72. The SMILES string of the molecule is O=C(NCc1ccncn1)c1ncn[nH]1. The van der Waals surface area contributed by atoms with Gasteiger partial charge >= 0.3 is 0 Å². The Bertz CT molecular complexity index is 426. The van der Waals surface area contributed by atoms with E-state index in [0.29, 0.717) is 6.54 Å². The fourth-order valence-corrected chi connectivity index (χ4v) is 0.992. The summed E-state index contributed by atoms with van der Waals surface area (Å²) in [6, 6.07) is 1.72. The fourth-order valence-electron chi connectivity index (χ4n) is 0.992. The second-order valence-electron chi connectivity index (χ2n) is 2.72. The van der Waals surface area contributed by atoms with E-state index in [4.69, 9.17) is 0 Å². The first-order chi connectivity index (χ1) is 7.36. The first-order valence-electron chi connectivity index (χ1n) is 4.25. The summed E-state index contributed by atoms with van der Waals surface area (Å²) in [6.45, 7) is 0.335. The van der Waals surface area contributed by atoms with Gasteiger partial charge in [0.2, 0.25) is 5.82 Å². The highest BCUT2D eigenvalue weighted by Gasteiger charge is 2.07. The molecule has 7 heteroatoms. The molecule has 0 radical (unpaired) electrons. The third-order valence-electron chi connectivity index (χ3n) is 1.70. The van der Waals surface area contributed by atoms with Crippen LogP contribution in [0.2, 0.25) is 0 Å². The predicted octanol–water partition coefficient (Wildman–Crippen LogP) is -0.475. The first kappa shape index (κ1) is 9.25. The Balaban J connectivity index is 1.92. The maximum atomic E-state index is 11.4. The molecule has 0 aliphatic carbocycles. The van der Waals surface area contributed by atoms with Crippen LogP contribution in [0, 0.1) is 0 Å². The summed E-state index contributed by atoms with van der Waals surface area (Å²) in [7, 11) is 0. The number of rotatable bonds is 3. The smallest absolute Gasteiger partial charge is 0.288 e. The maximum absolute atomic E-state index is 11.4. The molecule has 0 bridgehead atoms. The lowest BCUT2D eigenvalue weighted by Crippen LogP contribution is -2.24. The summed E-state index contributed by atoms with van der Waals surface area (Å²) in [6.07, 6.45) is 4.32. The van der Waals surface area contributed by atoms with Crippen molar-refractivity contribution in [2.75, 3.05) is 0 Å². The summed E-state index contributed by atoms with van der Waals surface area (Å²) >= 11 is 0. The van der Waals surface area contributed by atoms with E-state index in [1.165, 1.54) is 12.7 Å². The minimum Gasteiger partial charge on any atom is -0.344 e. The van der Waals surface area contributed by atoms with E-state index in [1.54, 1.807) is 12.3 Å². The normalized spacial score (nSPS) is 9.87. The molecule has 0 saturated heterocycles. The summed E-state index contributed by atoms with van der Waals surface area (Å²) < 4.78 is 0. The summed E-state index contributed by atoms with van der Waals surface area (Å²) in [5, 5.41) is 8.68. The summed E-state index contributed by atoms with van der Waals surface area (Å²) in [4.78, 5) is 22.8. The topological polar surface area (TPSA) is 96.5 Å². The monoisotopic (exact) mass is 204 g/mol. The van der Waals surface area contributed by atoms with Crippen molar-refractivity contribution in [1.82, 2.24) is 30.5 Å². The quantitative estimate of drug-likeness (QED) is 0.704. The molecule has 0 saturated carbocycles. The Hall–Kier alpha value is -2.31. The standard InChI is InChI=1S/C8H8N6O/c15-8(7-12-5-13-14-7)10-3-6-1-2-9-4-11-6/h1-2,4-5H,3H2,(H,10,15)(H,12,13,14). The van der Waals surface area contributed by atoms with Crippen LogP contribution in [0.5, 0.6) is 0 Å². The van der Waals surface area contributed by atoms with Crippen molar-refractivity contribution in [2.24, 2.45) is 0 Å². The van der Waals surface area contributed by atoms with E-state index in [1.807, 2.05) is 0 Å². The number of aromatic nitrogens is 5. The lowest BCUT2D eigenvalue weighted by molar-refractivity contribution is 0.0940. The lowest BCUT2D eigenvalue weighted by Gasteiger charge is -2.00. The highest BCUT2D eigenvalue weighted by molar-refractivity contribution is 5.90. The molecule has 2 aromatic heterocycles. The number of H-pyrrole nitrogens is 1. The number of carbonyl (C=O) groups is 1. The molecule has 1 amide bonds. The van der Waals surface area contributed by atoms with Crippen molar-refractivity contribution in [2.45, 2.75) is 6.54 Å².